The van der Waals surface area contributed by atoms with Gasteiger partial charge in [0, 0.05) is 10.6 Å². The topological polar surface area (TPSA) is 58.6 Å². The van der Waals surface area contributed by atoms with Crippen molar-refractivity contribution in [3.05, 3.63) is 52.5 Å². The fraction of sp³-hybridized carbons (Fsp3) is 0.316. The number of aryl methyl sites for hydroxylation is 1. The summed E-state index contributed by atoms with van der Waals surface area (Å²) in [5.41, 5.74) is 1.77. The number of hydrogen-bond donors (Lipinski definition) is 2. The number of hydrogen-bond acceptors (Lipinski definition) is 3. The molecule has 0 fully saturated rings. The van der Waals surface area contributed by atoms with Crippen molar-refractivity contribution >= 4 is 23.2 Å². The molecule has 2 aromatic rings. The van der Waals surface area contributed by atoms with Crippen molar-refractivity contribution in [2.75, 3.05) is 11.9 Å². The van der Waals surface area contributed by atoms with Crippen LogP contribution in [0.25, 0.3) is 0 Å². The number of carbonyl (C=O) groups is 1. The summed E-state index contributed by atoms with van der Waals surface area (Å²) >= 11 is 6.11. The summed E-state index contributed by atoms with van der Waals surface area (Å²) in [7, 11) is 0. The van der Waals surface area contributed by atoms with Crippen LogP contribution in [0.1, 0.15) is 31.9 Å². The Balaban J connectivity index is 2.08. The molecule has 0 radical (unpaired) electrons. The van der Waals surface area contributed by atoms with Crippen LogP contribution >= 0.6 is 11.6 Å². The number of aromatic hydroxyl groups is 1. The van der Waals surface area contributed by atoms with E-state index in [1.54, 1.807) is 18.2 Å². The summed E-state index contributed by atoms with van der Waals surface area (Å²) in [4.78, 5) is 12.1. The predicted molar refractivity (Wildman–Crippen MR) is 97.1 cm³/mol. The van der Waals surface area contributed by atoms with Gasteiger partial charge < -0.3 is 15.2 Å². The van der Waals surface area contributed by atoms with Crippen LogP contribution in [0.5, 0.6) is 11.5 Å². The molecule has 1 amide bonds. The lowest BCUT2D eigenvalue weighted by molar-refractivity contribution is -0.118. The van der Waals surface area contributed by atoms with E-state index in [4.69, 9.17) is 16.3 Å². The SMILES string of the molecule is Cc1ccc(OCC(=O)Nc2cc(Cl)cc(C(C)(C)C)c2O)cc1. The van der Waals surface area contributed by atoms with Crippen molar-refractivity contribution in [3.63, 3.8) is 0 Å². The first-order valence-electron chi connectivity index (χ1n) is 7.69. The highest BCUT2D eigenvalue weighted by Crippen LogP contribution is 2.38. The Labute approximate surface area is 147 Å². The van der Waals surface area contributed by atoms with Gasteiger partial charge in [-0.25, -0.2) is 0 Å². The second-order valence-electron chi connectivity index (χ2n) is 6.75. The Hall–Kier alpha value is -2.20. The van der Waals surface area contributed by atoms with Gasteiger partial charge in [0.05, 0.1) is 5.69 Å². The predicted octanol–water partition coefficient (Wildman–Crippen LogP) is 4.67. The lowest BCUT2D eigenvalue weighted by Crippen LogP contribution is -2.21. The van der Waals surface area contributed by atoms with E-state index >= 15 is 0 Å². The van der Waals surface area contributed by atoms with Crippen LogP contribution in [0.4, 0.5) is 5.69 Å². The highest BCUT2D eigenvalue weighted by Gasteiger charge is 2.22. The van der Waals surface area contributed by atoms with Crippen molar-refractivity contribution < 1.29 is 14.6 Å². The van der Waals surface area contributed by atoms with Crippen LogP contribution in [0.3, 0.4) is 0 Å². The second kappa shape index (κ2) is 7.14. The van der Waals surface area contributed by atoms with E-state index in [9.17, 15) is 9.90 Å². The Morgan fingerprint density at radius 2 is 1.83 bits per heavy atom. The molecule has 0 atom stereocenters. The molecule has 0 aromatic heterocycles. The Kier molecular flexibility index (Phi) is 5.40. The molecule has 0 saturated carbocycles. The van der Waals surface area contributed by atoms with E-state index in [2.05, 4.69) is 5.32 Å². The van der Waals surface area contributed by atoms with Gasteiger partial charge in [0.1, 0.15) is 11.5 Å². The number of halogens is 1. The normalized spacial score (nSPS) is 11.2. The zero-order valence-corrected chi connectivity index (χ0v) is 15.1. The second-order valence-corrected chi connectivity index (χ2v) is 7.19. The zero-order valence-electron chi connectivity index (χ0n) is 14.3. The van der Waals surface area contributed by atoms with Crippen LogP contribution in [-0.2, 0) is 10.2 Å². The van der Waals surface area contributed by atoms with Gasteiger partial charge in [-0.05, 0) is 36.6 Å². The monoisotopic (exact) mass is 347 g/mol. The molecular formula is C19H22ClNO3. The van der Waals surface area contributed by atoms with E-state index in [-0.39, 0.29) is 29.4 Å². The Bertz CT molecular complexity index is 734. The first-order valence-corrected chi connectivity index (χ1v) is 8.07. The van der Waals surface area contributed by atoms with Gasteiger partial charge in [-0.1, -0.05) is 50.1 Å². The van der Waals surface area contributed by atoms with Crippen molar-refractivity contribution in [3.8, 4) is 11.5 Å². The fourth-order valence-corrected chi connectivity index (χ4v) is 2.45. The average molecular weight is 348 g/mol. The Morgan fingerprint density at radius 3 is 2.42 bits per heavy atom. The standard InChI is InChI=1S/C19H22ClNO3/c1-12-5-7-14(8-6-12)24-11-17(22)21-16-10-13(20)9-15(18(16)23)19(2,3)4/h5-10,23H,11H2,1-4H3,(H,21,22). The average Bonchev–Trinajstić information content (AvgIpc) is 2.49. The molecule has 5 heteroatoms. The lowest BCUT2D eigenvalue weighted by Gasteiger charge is -2.22. The molecule has 2 N–H and O–H groups in total. The maximum absolute atomic E-state index is 12.1. The molecule has 0 heterocycles. The summed E-state index contributed by atoms with van der Waals surface area (Å²) < 4.78 is 5.44. The number of ether oxygens (including phenoxy) is 1. The molecule has 0 spiro atoms. The van der Waals surface area contributed by atoms with E-state index in [1.807, 2.05) is 39.8 Å². The minimum Gasteiger partial charge on any atom is -0.505 e. The highest BCUT2D eigenvalue weighted by molar-refractivity contribution is 6.31. The van der Waals surface area contributed by atoms with E-state index in [1.165, 1.54) is 6.07 Å². The molecule has 0 bridgehead atoms. The minimum absolute atomic E-state index is 0.0237. The number of phenols is 1. The van der Waals surface area contributed by atoms with E-state index in [0.29, 0.717) is 16.3 Å². The van der Waals surface area contributed by atoms with Gasteiger partial charge in [0.2, 0.25) is 0 Å². The van der Waals surface area contributed by atoms with E-state index in [0.717, 1.165) is 5.56 Å². The molecule has 0 aliphatic carbocycles. The third-order valence-corrected chi connectivity index (χ3v) is 3.77. The summed E-state index contributed by atoms with van der Waals surface area (Å²) in [5, 5.41) is 13.5. The first kappa shape index (κ1) is 18.1. The van der Waals surface area contributed by atoms with Crippen molar-refractivity contribution in [1.82, 2.24) is 0 Å². The van der Waals surface area contributed by atoms with Gasteiger partial charge in [-0.15, -0.1) is 0 Å². The summed E-state index contributed by atoms with van der Waals surface area (Å²) in [6, 6.07) is 10.6. The highest BCUT2D eigenvalue weighted by atomic mass is 35.5. The van der Waals surface area contributed by atoms with E-state index < -0.39 is 0 Å². The fourth-order valence-electron chi connectivity index (χ4n) is 2.24. The lowest BCUT2D eigenvalue weighted by atomic mass is 9.86. The van der Waals surface area contributed by atoms with Gasteiger partial charge >= 0.3 is 0 Å². The number of amides is 1. The van der Waals surface area contributed by atoms with Crippen LogP contribution in [0.2, 0.25) is 5.02 Å². The molecule has 0 unspecified atom stereocenters. The van der Waals surface area contributed by atoms with Gasteiger partial charge in [-0.3, -0.25) is 4.79 Å². The largest absolute Gasteiger partial charge is 0.505 e. The number of nitrogens with one attached hydrogen (secondary N) is 1. The number of phenolic OH excluding ortho intramolecular Hbond substituents is 1. The molecule has 128 valence electrons. The van der Waals surface area contributed by atoms with Gasteiger partial charge in [0.15, 0.2) is 6.61 Å². The Morgan fingerprint density at radius 1 is 1.21 bits per heavy atom. The molecule has 0 saturated heterocycles. The molecule has 24 heavy (non-hydrogen) atoms. The number of carbonyl (C=O) groups excluding carboxylic acids is 1. The number of benzene rings is 2. The van der Waals surface area contributed by atoms with Crippen molar-refractivity contribution in [2.24, 2.45) is 0 Å². The molecule has 4 nitrogen and oxygen atoms in total. The van der Waals surface area contributed by atoms with Crippen LogP contribution in [0.15, 0.2) is 36.4 Å². The molecule has 2 rings (SSSR count). The third-order valence-electron chi connectivity index (χ3n) is 3.55. The van der Waals surface area contributed by atoms with Crippen LogP contribution in [-0.4, -0.2) is 17.6 Å². The smallest absolute Gasteiger partial charge is 0.262 e. The van der Waals surface area contributed by atoms with Gasteiger partial charge in [0.25, 0.3) is 5.91 Å². The van der Waals surface area contributed by atoms with Crippen molar-refractivity contribution in [1.29, 1.82) is 0 Å². The quantitative estimate of drug-likeness (QED) is 0.790. The first-order chi connectivity index (χ1) is 11.2. The van der Waals surface area contributed by atoms with Crippen molar-refractivity contribution in [2.45, 2.75) is 33.1 Å². The summed E-state index contributed by atoms with van der Waals surface area (Å²) in [6.07, 6.45) is 0. The van der Waals surface area contributed by atoms with Gasteiger partial charge in [-0.2, -0.15) is 0 Å². The number of anilines is 1. The molecular weight excluding hydrogens is 326 g/mol. The maximum atomic E-state index is 12.1. The zero-order chi connectivity index (χ0) is 17.9. The molecule has 0 aliphatic rings. The molecule has 2 aromatic carbocycles. The summed E-state index contributed by atoms with van der Waals surface area (Å²) in [5.74, 6) is 0.269. The van der Waals surface area contributed by atoms with Crippen LogP contribution < -0.4 is 10.1 Å². The minimum atomic E-state index is -0.368. The number of rotatable bonds is 4. The third kappa shape index (κ3) is 4.65. The molecule has 0 aliphatic heterocycles. The summed E-state index contributed by atoms with van der Waals surface area (Å²) in [6.45, 7) is 7.71. The maximum Gasteiger partial charge on any atom is 0.262 e. The van der Waals surface area contributed by atoms with Crippen LogP contribution in [0, 0.1) is 6.92 Å².